The Balaban J connectivity index is 1.80. The van der Waals surface area contributed by atoms with E-state index in [1.165, 1.54) is 4.90 Å². The standard InChI is InChI=1S/C17H16N2O2/c1-11-7-8-12(2)15(9-11)18-10-19-16(20)13-5-3-4-6-14(13)17(19)21/h3-9,18H,10H2,1-2H3. The van der Waals surface area contributed by atoms with Gasteiger partial charge in [-0.05, 0) is 43.2 Å². The lowest BCUT2D eigenvalue weighted by Crippen LogP contribution is -2.34. The summed E-state index contributed by atoms with van der Waals surface area (Å²) < 4.78 is 0. The molecule has 21 heavy (non-hydrogen) atoms. The molecule has 0 fully saturated rings. The number of rotatable bonds is 3. The number of imide groups is 1. The van der Waals surface area contributed by atoms with Crippen LogP contribution in [0.4, 0.5) is 5.69 Å². The third kappa shape index (κ3) is 2.29. The molecule has 0 aromatic heterocycles. The number of benzene rings is 2. The Hall–Kier alpha value is -2.62. The second-order valence-electron chi connectivity index (χ2n) is 5.24. The number of amides is 2. The Morgan fingerprint density at radius 1 is 0.952 bits per heavy atom. The van der Waals surface area contributed by atoms with Crippen molar-refractivity contribution in [3.8, 4) is 0 Å². The SMILES string of the molecule is Cc1ccc(C)c(NCN2C(=O)c3ccccc3C2=O)c1. The Bertz CT molecular complexity index is 702. The molecule has 2 aromatic carbocycles. The number of nitrogens with zero attached hydrogens (tertiary/aromatic N) is 1. The fourth-order valence-electron chi connectivity index (χ4n) is 2.47. The van der Waals surface area contributed by atoms with Crippen molar-refractivity contribution in [3.05, 3.63) is 64.7 Å². The van der Waals surface area contributed by atoms with Crippen LogP contribution < -0.4 is 5.32 Å². The van der Waals surface area contributed by atoms with Crippen LogP contribution in [0.1, 0.15) is 31.8 Å². The average molecular weight is 280 g/mol. The van der Waals surface area contributed by atoms with Crippen LogP contribution in [-0.2, 0) is 0 Å². The number of nitrogens with one attached hydrogen (secondary N) is 1. The Labute approximate surface area is 123 Å². The van der Waals surface area contributed by atoms with Crippen molar-refractivity contribution in [2.24, 2.45) is 0 Å². The molecule has 0 aliphatic carbocycles. The molecule has 1 N–H and O–H groups in total. The number of aryl methyl sites for hydroxylation is 2. The number of carbonyl (C=O) groups is 2. The van der Waals surface area contributed by atoms with Gasteiger partial charge in [0.2, 0.25) is 0 Å². The fourth-order valence-corrected chi connectivity index (χ4v) is 2.47. The number of hydrogen-bond acceptors (Lipinski definition) is 3. The van der Waals surface area contributed by atoms with E-state index in [1.807, 2.05) is 32.0 Å². The zero-order chi connectivity index (χ0) is 15.0. The summed E-state index contributed by atoms with van der Waals surface area (Å²) in [6, 6.07) is 13.0. The van der Waals surface area contributed by atoms with Gasteiger partial charge >= 0.3 is 0 Å². The van der Waals surface area contributed by atoms with Gasteiger partial charge in [-0.25, -0.2) is 0 Å². The molecule has 1 heterocycles. The summed E-state index contributed by atoms with van der Waals surface area (Å²) in [7, 11) is 0. The van der Waals surface area contributed by atoms with E-state index in [0.717, 1.165) is 16.8 Å². The first kappa shape index (κ1) is 13.4. The molecule has 0 spiro atoms. The fraction of sp³-hybridized carbons (Fsp3) is 0.176. The number of hydrogen-bond donors (Lipinski definition) is 1. The van der Waals surface area contributed by atoms with Gasteiger partial charge in [-0.15, -0.1) is 0 Å². The Kier molecular flexibility index (Phi) is 3.22. The van der Waals surface area contributed by atoms with Crippen LogP contribution in [-0.4, -0.2) is 23.4 Å². The smallest absolute Gasteiger partial charge is 0.263 e. The van der Waals surface area contributed by atoms with Crippen molar-refractivity contribution in [2.75, 3.05) is 12.0 Å². The molecule has 0 saturated carbocycles. The van der Waals surface area contributed by atoms with E-state index in [1.54, 1.807) is 24.3 Å². The highest BCUT2D eigenvalue weighted by molar-refractivity contribution is 6.21. The van der Waals surface area contributed by atoms with Gasteiger partial charge in [0.15, 0.2) is 0 Å². The largest absolute Gasteiger partial charge is 0.367 e. The molecule has 4 nitrogen and oxygen atoms in total. The third-order valence-electron chi connectivity index (χ3n) is 3.70. The maximum Gasteiger partial charge on any atom is 0.263 e. The molecule has 0 atom stereocenters. The number of carbonyl (C=O) groups excluding carboxylic acids is 2. The molecular weight excluding hydrogens is 264 g/mol. The first-order valence-electron chi connectivity index (χ1n) is 6.84. The summed E-state index contributed by atoms with van der Waals surface area (Å²) in [4.78, 5) is 25.7. The molecule has 2 aromatic rings. The van der Waals surface area contributed by atoms with Gasteiger partial charge in [0.1, 0.15) is 0 Å². The normalized spacial score (nSPS) is 13.5. The summed E-state index contributed by atoms with van der Waals surface area (Å²) in [5, 5.41) is 3.18. The van der Waals surface area contributed by atoms with Crippen molar-refractivity contribution in [1.82, 2.24) is 4.90 Å². The summed E-state index contributed by atoms with van der Waals surface area (Å²) in [5.74, 6) is -0.484. The van der Waals surface area contributed by atoms with Gasteiger partial charge in [-0.2, -0.15) is 0 Å². The highest BCUT2D eigenvalue weighted by atomic mass is 16.2. The highest BCUT2D eigenvalue weighted by Gasteiger charge is 2.34. The van der Waals surface area contributed by atoms with Crippen LogP contribution in [0.25, 0.3) is 0 Å². The molecular formula is C17H16N2O2. The zero-order valence-corrected chi connectivity index (χ0v) is 12.0. The predicted octanol–water partition coefficient (Wildman–Crippen LogP) is 2.97. The van der Waals surface area contributed by atoms with Crippen LogP contribution >= 0.6 is 0 Å². The number of anilines is 1. The first-order chi connectivity index (χ1) is 10.1. The predicted molar refractivity (Wildman–Crippen MR) is 81.3 cm³/mol. The lowest BCUT2D eigenvalue weighted by Gasteiger charge is -2.17. The van der Waals surface area contributed by atoms with Crippen LogP contribution in [0, 0.1) is 13.8 Å². The second-order valence-corrected chi connectivity index (χ2v) is 5.24. The van der Waals surface area contributed by atoms with E-state index in [0.29, 0.717) is 11.1 Å². The summed E-state index contributed by atoms with van der Waals surface area (Å²) in [6.45, 7) is 4.17. The quantitative estimate of drug-likeness (QED) is 0.879. The maximum atomic E-state index is 12.2. The van der Waals surface area contributed by atoms with E-state index in [4.69, 9.17) is 0 Å². The molecule has 0 bridgehead atoms. The van der Waals surface area contributed by atoms with Crippen molar-refractivity contribution in [3.63, 3.8) is 0 Å². The molecule has 4 heteroatoms. The lowest BCUT2D eigenvalue weighted by molar-refractivity contribution is 0.0666. The molecule has 1 aliphatic heterocycles. The molecule has 3 rings (SSSR count). The van der Waals surface area contributed by atoms with E-state index < -0.39 is 0 Å². The topological polar surface area (TPSA) is 49.4 Å². The lowest BCUT2D eigenvalue weighted by atomic mass is 10.1. The van der Waals surface area contributed by atoms with Crippen molar-refractivity contribution in [1.29, 1.82) is 0 Å². The van der Waals surface area contributed by atoms with Crippen molar-refractivity contribution < 1.29 is 9.59 Å². The van der Waals surface area contributed by atoms with E-state index >= 15 is 0 Å². The van der Waals surface area contributed by atoms with E-state index in [-0.39, 0.29) is 18.5 Å². The summed E-state index contributed by atoms with van der Waals surface area (Å²) in [5.41, 5.74) is 4.10. The molecule has 1 aliphatic rings. The zero-order valence-electron chi connectivity index (χ0n) is 12.0. The van der Waals surface area contributed by atoms with E-state index in [9.17, 15) is 9.59 Å². The second kappa shape index (κ2) is 5.05. The van der Waals surface area contributed by atoms with Crippen molar-refractivity contribution >= 4 is 17.5 Å². The Morgan fingerprint density at radius 2 is 1.57 bits per heavy atom. The molecule has 106 valence electrons. The summed E-state index contributed by atoms with van der Waals surface area (Å²) in [6.07, 6.45) is 0. The van der Waals surface area contributed by atoms with Crippen LogP contribution in [0.5, 0.6) is 0 Å². The molecule has 0 unspecified atom stereocenters. The van der Waals surface area contributed by atoms with Crippen molar-refractivity contribution in [2.45, 2.75) is 13.8 Å². The van der Waals surface area contributed by atoms with Gasteiger partial charge in [0.05, 0.1) is 17.8 Å². The first-order valence-corrected chi connectivity index (χ1v) is 6.84. The van der Waals surface area contributed by atoms with Crippen LogP contribution in [0.3, 0.4) is 0 Å². The minimum Gasteiger partial charge on any atom is -0.367 e. The van der Waals surface area contributed by atoms with Gasteiger partial charge in [-0.3, -0.25) is 14.5 Å². The van der Waals surface area contributed by atoms with Gasteiger partial charge in [0.25, 0.3) is 11.8 Å². The minimum atomic E-state index is -0.242. The Morgan fingerprint density at radius 3 is 2.19 bits per heavy atom. The van der Waals surface area contributed by atoms with Crippen LogP contribution in [0.15, 0.2) is 42.5 Å². The molecule has 2 amide bonds. The van der Waals surface area contributed by atoms with Gasteiger partial charge in [0, 0.05) is 5.69 Å². The average Bonchev–Trinajstić information content (AvgIpc) is 2.73. The van der Waals surface area contributed by atoms with Gasteiger partial charge in [-0.1, -0.05) is 24.3 Å². The van der Waals surface area contributed by atoms with E-state index in [2.05, 4.69) is 5.32 Å². The number of fused-ring (bicyclic) bond motifs is 1. The summed E-state index contributed by atoms with van der Waals surface area (Å²) >= 11 is 0. The maximum absolute atomic E-state index is 12.2. The van der Waals surface area contributed by atoms with Crippen LogP contribution in [0.2, 0.25) is 0 Å². The monoisotopic (exact) mass is 280 g/mol. The molecule has 0 saturated heterocycles. The van der Waals surface area contributed by atoms with Gasteiger partial charge < -0.3 is 5.32 Å². The molecule has 0 radical (unpaired) electrons. The highest BCUT2D eigenvalue weighted by Crippen LogP contribution is 2.23. The third-order valence-corrected chi connectivity index (χ3v) is 3.70. The minimum absolute atomic E-state index is 0.177.